The molecule has 0 fully saturated rings. The summed E-state index contributed by atoms with van der Waals surface area (Å²) < 4.78 is 16.9. The molecule has 0 aromatic heterocycles. The zero-order valence-corrected chi connectivity index (χ0v) is 53.5. The molecule has 0 radical (unpaired) electrons. The highest BCUT2D eigenvalue weighted by Crippen LogP contribution is 2.17. The number of allylic oxidation sites excluding steroid dienone is 16. The molecular weight excluding hydrogens is 997 g/mol. The Bertz CT molecular complexity index is 1580. The van der Waals surface area contributed by atoms with Crippen molar-refractivity contribution < 1.29 is 28.6 Å². The summed E-state index contributed by atoms with van der Waals surface area (Å²) in [7, 11) is 0. The Balaban J connectivity index is 4.18. The van der Waals surface area contributed by atoms with Crippen molar-refractivity contribution in [2.45, 2.75) is 348 Å². The van der Waals surface area contributed by atoms with Crippen molar-refractivity contribution in [1.82, 2.24) is 0 Å². The molecule has 0 aromatic rings. The molecule has 1 unspecified atom stereocenters. The van der Waals surface area contributed by atoms with Gasteiger partial charge in [0.15, 0.2) is 6.10 Å². The summed E-state index contributed by atoms with van der Waals surface area (Å²) in [6, 6.07) is 0. The average molecular weight is 1130 g/mol. The minimum Gasteiger partial charge on any atom is -0.462 e. The smallest absolute Gasteiger partial charge is 0.306 e. The fourth-order valence-electron chi connectivity index (χ4n) is 9.89. The van der Waals surface area contributed by atoms with Gasteiger partial charge in [0.25, 0.3) is 0 Å². The van der Waals surface area contributed by atoms with Crippen LogP contribution in [-0.2, 0) is 28.6 Å². The number of carbonyl (C=O) groups is 3. The second-order valence-corrected chi connectivity index (χ2v) is 23.1. The van der Waals surface area contributed by atoms with Crippen LogP contribution in [0, 0.1) is 0 Å². The van der Waals surface area contributed by atoms with E-state index in [0.29, 0.717) is 19.3 Å². The maximum atomic E-state index is 12.9. The SMILES string of the molecule is CC/C=C\C/C=C\C/C=C\C/C=C\C/C=C\C/C=C\CCCCCCCCC(=O)OC(COC(=O)CCCCCCCCCCC)COC(=O)CCCCCCCCCCCCCCCCCCC/C=C\C/C=C\CCCCCCC. The minimum atomic E-state index is -0.784. The van der Waals surface area contributed by atoms with Crippen molar-refractivity contribution in [3.8, 4) is 0 Å². The van der Waals surface area contributed by atoms with Gasteiger partial charge in [-0.2, -0.15) is 0 Å². The van der Waals surface area contributed by atoms with E-state index in [1.807, 2.05) is 0 Å². The molecule has 0 amide bonds. The van der Waals surface area contributed by atoms with E-state index in [9.17, 15) is 14.4 Å². The van der Waals surface area contributed by atoms with Crippen LogP contribution in [0.3, 0.4) is 0 Å². The first-order chi connectivity index (χ1) is 40.0. The van der Waals surface area contributed by atoms with Crippen LogP contribution in [0.2, 0.25) is 0 Å². The van der Waals surface area contributed by atoms with Gasteiger partial charge in [-0.25, -0.2) is 0 Å². The molecule has 0 N–H and O–H groups in total. The number of hydrogen-bond donors (Lipinski definition) is 0. The highest BCUT2D eigenvalue weighted by atomic mass is 16.6. The lowest BCUT2D eigenvalue weighted by atomic mass is 10.0. The minimum absolute atomic E-state index is 0.0804. The molecule has 0 aliphatic heterocycles. The number of rotatable bonds is 63. The third-order valence-electron chi connectivity index (χ3n) is 15.1. The van der Waals surface area contributed by atoms with E-state index < -0.39 is 6.10 Å². The first kappa shape index (κ1) is 77.3. The number of ether oxygens (including phenoxy) is 3. The molecule has 0 rings (SSSR count). The molecule has 0 aliphatic carbocycles. The van der Waals surface area contributed by atoms with Crippen LogP contribution >= 0.6 is 0 Å². The standard InChI is InChI=1S/C75H130O6/c1-4-7-10-13-16-19-21-23-25-27-29-31-33-35-36-37-38-40-41-43-45-47-49-51-53-56-59-62-65-68-74(77)80-71-72(70-79-73(76)67-64-61-58-55-18-15-12-9-6-3)81-75(78)69-66-63-60-57-54-52-50-48-46-44-42-39-34-32-30-28-26-24-22-20-17-14-11-8-5-2/h8,11,17,20-21,23-24,26-27,29-30,32,39,42,46,48,72H,4-7,9-10,12-16,18-19,22,25,28,31,33-38,40-41,43-45,47,49-71H2,1-3H3/b11-8-,20-17-,23-21-,26-24-,29-27-,32-30-,42-39-,48-46-. The Morgan fingerprint density at radius 3 is 0.753 bits per heavy atom. The van der Waals surface area contributed by atoms with Crippen molar-refractivity contribution in [3.05, 3.63) is 97.2 Å². The molecule has 0 aliphatic rings. The monoisotopic (exact) mass is 1130 g/mol. The first-order valence-electron chi connectivity index (χ1n) is 34.7. The second-order valence-electron chi connectivity index (χ2n) is 23.1. The normalized spacial score (nSPS) is 12.7. The summed E-state index contributed by atoms with van der Waals surface area (Å²) in [5.74, 6) is -0.884. The predicted octanol–water partition coefficient (Wildman–Crippen LogP) is 24.0. The summed E-state index contributed by atoms with van der Waals surface area (Å²) in [5.41, 5.74) is 0. The van der Waals surface area contributed by atoms with Gasteiger partial charge in [0, 0.05) is 19.3 Å². The molecule has 0 bridgehead atoms. The van der Waals surface area contributed by atoms with Gasteiger partial charge in [0.1, 0.15) is 13.2 Å². The van der Waals surface area contributed by atoms with E-state index in [0.717, 1.165) is 116 Å². The van der Waals surface area contributed by atoms with Gasteiger partial charge in [0.05, 0.1) is 0 Å². The quantitative estimate of drug-likeness (QED) is 0.0261. The molecular formula is C75H130O6. The van der Waals surface area contributed by atoms with Gasteiger partial charge in [-0.3, -0.25) is 14.4 Å². The summed E-state index contributed by atoms with van der Waals surface area (Å²) in [6.45, 7) is 6.52. The highest BCUT2D eigenvalue weighted by Gasteiger charge is 2.19. The molecule has 0 spiro atoms. The van der Waals surface area contributed by atoms with Crippen molar-refractivity contribution in [2.75, 3.05) is 13.2 Å². The van der Waals surface area contributed by atoms with Crippen LogP contribution in [0.15, 0.2) is 97.2 Å². The summed E-state index contributed by atoms with van der Waals surface area (Å²) in [4.78, 5) is 38.3. The maximum absolute atomic E-state index is 12.9. The van der Waals surface area contributed by atoms with Crippen LogP contribution < -0.4 is 0 Å². The third-order valence-corrected chi connectivity index (χ3v) is 15.1. The van der Waals surface area contributed by atoms with Crippen LogP contribution in [0.4, 0.5) is 0 Å². The van der Waals surface area contributed by atoms with Gasteiger partial charge in [-0.05, 0) is 103 Å². The molecule has 81 heavy (non-hydrogen) atoms. The van der Waals surface area contributed by atoms with E-state index >= 15 is 0 Å². The molecule has 0 saturated carbocycles. The molecule has 0 heterocycles. The predicted molar refractivity (Wildman–Crippen MR) is 353 cm³/mol. The van der Waals surface area contributed by atoms with E-state index in [2.05, 4.69) is 118 Å². The van der Waals surface area contributed by atoms with Gasteiger partial charge in [-0.15, -0.1) is 0 Å². The highest BCUT2D eigenvalue weighted by molar-refractivity contribution is 5.71. The lowest BCUT2D eigenvalue weighted by molar-refractivity contribution is -0.167. The summed E-state index contributed by atoms with van der Waals surface area (Å²) >= 11 is 0. The largest absolute Gasteiger partial charge is 0.462 e. The molecule has 0 aromatic carbocycles. The summed E-state index contributed by atoms with van der Waals surface area (Å²) in [6.07, 6.45) is 93.0. The van der Waals surface area contributed by atoms with Gasteiger partial charge in [0.2, 0.25) is 0 Å². The molecule has 6 nitrogen and oxygen atoms in total. The van der Waals surface area contributed by atoms with Crippen molar-refractivity contribution >= 4 is 17.9 Å². The Morgan fingerprint density at radius 2 is 0.481 bits per heavy atom. The molecule has 1 atom stereocenters. The maximum Gasteiger partial charge on any atom is 0.306 e. The number of carbonyl (C=O) groups excluding carboxylic acids is 3. The fraction of sp³-hybridized carbons (Fsp3) is 0.747. The van der Waals surface area contributed by atoms with E-state index in [4.69, 9.17) is 14.2 Å². The Kier molecular flexibility index (Phi) is 65.7. The fourth-order valence-corrected chi connectivity index (χ4v) is 9.89. The zero-order valence-electron chi connectivity index (χ0n) is 53.5. The number of hydrogen-bond acceptors (Lipinski definition) is 6. The Morgan fingerprint density at radius 1 is 0.259 bits per heavy atom. The molecule has 466 valence electrons. The third kappa shape index (κ3) is 67.0. The van der Waals surface area contributed by atoms with E-state index in [-0.39, 0.29) is 31.1 Å². The van der Waals surface area contributed by atoms with E-state index in [1.54, 1.807) is 0 Å². The Labute approximate surface area is 502 Å². The van der Waals surface area contributed by atoms with Crippen molar-refractivity contribution in [3.63, 3.8) is 0 Å². The molecule has 0 saturated heterocycles. The van der Waals surface area contributed by atoms with Crippen LogP contribution in [0.5, 0.6) is 0 Å². The van der Waals surface area contributed by atoms with Crippen LogP contribution in [0.1, 0.15) is 342 Å². The first-order valence-corrected chi connectivity index (χ1v) is 34.7. The topological polar surface area (TPSA) is 78.9 Å². The lowest BCUT2D eigenvalue weighted by Crippen LogP contribution is -2.30. The van der Waals surface area contributed by atoms with Gasteiger partial charge >= 0.3 is 17.9 Å². The number of esters is 3. The lowest BCUT2D eigenvalue weighted by Gasteiger charge is -2.18. The second kappa shape index (κ2) is 68.8. The summed E-state index contributed by atoms with van der Waals surface area (Å²) in [5, 5.41) is 0. The van der Waals surface area contributed by atoms with Crippen LogP contribution in [0.25, 0.3) is 0 Å². The van der Waals surface area contributed by atoms with Crippen LogP contribution in [-0.4, -0.2) is 37.2 Å². The van der Waals surface area contributed by atoms with Gasteiger partial charge < -0.3 is 14.2 Å². The Hall–Kier alpha value is -3.67. The van der Waals surface area contributed by atoms with E-state index in [1.165, 1.54) is 186 Å². The average Bonchev–Trinajstić information content (AvgIpc) is 3.47. The van der Waals surface area contributed by atoms with Crippen molar-refractivity contribution in [2.24, 2.45) is 0 Å². The van der Waals surface area contributed by atoms with Gasteiger partial charge in [-0.1, -0.05) is 317 Å². The van der Waals surface area contributed by atoms with Crippen molar-refractivity contribution in [1.29, 1.82) is 0 Å². The molecule has 6 heteroatoms. The zero-order chi connectivity index (χ0) is 58.5. The number of unbranched alkanes of at least 4 members (excludes halogenated alkanes) is 36.